The predicted molar refractivity (Wildman–Crippen MR) is 67.7 cm³/mol. The molecule has 3 rings (SSSR count). The van der Waals surface area contributed by atoms with E-state index in [1.165, 1.54) is 22.3 Å². The Kier molecular flexibility index (Phi) is 2.55. The zero-order chi connectivity index (χ0) is 11.8. The smallest absolute Gasteiger partial charge is 0.193 e. The van der Waals surface area contributed by atoms with E-state index in [9.17, 15) is 4.79 Å². The second kappa shape index (κ2) is 4.07. The van der Waals surface area contributed by atoms with Gasteiger partial charge in [-0.05, 0) is 12.0 Å². The van der Waals surface area contributed by atoms with E-state index in [2.05, 4.69) is 9.98 Å². The molecule has 1 aromatic rings. The van der Waals surface area contributed by atoms with Crippen LogP contribution in [-0.4, -0.2) is 25.1 Å². The van der Waals surface area contributed by atoms with Gasteiger partial charge in [0.25, 0.3) is 0 Å². The van der Waals surface area contributed by atoms with Gasteiger partial charge in [0.05, 0.1) is 13.5 Å². The fourth-order valence-electron chi connectivity index (χ4n) is 2.26. The van der Waals surface area contributed by atoms with Crippen molar-refractivity contribution in [3.63, 3.8) is 0 Å². The lowest BCUT2D eigenvalue weighted by molar-refractivity contribution is -0.118. The first kappa shape index (κ1) is 10.7. The maximum atomic E-state index is 11.4. The van der Waals surface area contributed by atoms with Crippen molar-refractivity contribution in [3.05, 3.63) is 16.0 Å². The summed E-state index contributed by atoms with van der Waals surface area (Å²) in [6.07, 6.45) is 4.29. The maximum absolute atomic E-state index is 11.4. The molecule has 0 amide bonds. The molecule has 2 aliphatic rings. The van der Waals surface area contributed by atoms with Crippen LogP contribution in [-0.2, 0) is 28.8 Å². The van der Waals surface area contributed by atoms with Gasteiger partial charge in [-0.15, -0.1) is 11.3 Å². The van der Waals surface area contributed by atoms with Gasteiger partial charge in [0.2, 0.25) is 0 Å². The second-order valence-corrected chi connectivity index (χ2v) is 5.23. The Bertz CT molecular complexity index is 543. The Balaban J connectivity index is 2.05. The minimum absolute atomic E-state index is 0.332. The van der Waals surface area contributed by atoms with Crippen molar-refractivity contribution in [2.75, 3.05) is 7.11 Å². The lowest BCUT2D eigenvalue weighted by Crippen LogP contribution is -2.13. The normalized spacial score (nSPS) is 18.2. The Morgan fingerprint density at radius 3 is 3.00 bits per heavy atom. The molecule has 88 valence electrons. The summed E-state index contributed by atoms with van der Waals surface area (Å²) < 4.78 is 5.21. The summed E-state index contributed by atoms with van der Waals surface area (Å²) in [6, 6.07) is 0. The molecule has 0 saturated heterocycles. The first-order chi connectivity index (χ1) is 8.28. The van der Waals surface area contributed by atoms with E-state index < -0.39 is 0 Å². The summed E-state index contributed by atoms with van der Waals surface area (Å²) >= 11 is 1.62. The summed E-state index contributed by atoms with van der Waals surface area (Å²) in [5, 5.41) is 0.987. The summed E-state index contributed by atoms with van der Waals surface area (Å²) in [6.45, 7) is 0. The molecule has 1 aliphatic carbocycles. The zero-order valence-corrected chi connectivity index (χ0v) is 10.3. The first-order valence-electron chi connectivity index (χ1n) is 5.56. The lowest BCUT2D eigenvalue weighted by Gasteiger charge is -2.12. The summed E-state index contributed by atoms with van der Waals surface area (Å²) in [5.41, 5.74) is 2.50. The number of hydrogen-bond donors (Lipinski definition) is 0. The van der Waals surface area contributed by atoms with Crippen molar-refractivity contribution in [2.24, 2.45) is 9.98 Å². The van der Waals surface area contributed by atoms with Crippen molar-refractivity contribution >= 4 is 34.4 Å². The third-order valence-corrected chi connectivity index (χ3v) is 4.31. The highest BCUT2D eigenvalue weighted by Crippen LogP contribution is 2.40. The van der Waals surface area contributed by atoms with E-state index >= 15 is 0 Å². The summed E-state index contributed by atoms with van der Waals surface area (Å²) in [7, 11) is 1.63. The second-order valence-electron chi connectivity index (χ2n) is 4.15. The number of carbonyl (C=O) groups is 1. The molecule has 0 aromatic carbocycles. The van der Waals surface area contributed by atoms with E-state index in [-0.39, 0.29) is 0 Å². The number of thiophene rings is 1. The summed E-state index contributed by atoms with van der Waals surface area (Å²) in [4.78, 5) is 21.1. The molecule has 0 atom stereocenters. The molecule has 1 aromatic heterocycles. The molecular weight excluding hydrogens is 236 g/mol. The number of aliphatic imine (C=N–C) groups is 2. The average molecular weight is 248 g/mol. The summed E-state index contributed by atoms with van der Waals surface area (Å²) in [5.74, 6) is 1.02. The number of ketones is 1. The van der Waals surface area contributed by atoms with Gasteiger partial charge in [-0.1, -0.05) is 0 Å². The maximum Gasteiger partial charge on any atom is 0.193 e. The third-order valence-electron chi connectivity index (χ3n) is 3.13. The van der Waals surface area contributed by atoms with Crippen LogP contribution in [0, 0.1) is 0 Å². The van der Waals surface area contributed by atoms with Gasteiger partial charge in [0, 0.05) is 23.3 Å². The topological polar surface area (TPSA) is 51.0 Å². The molecular formula is C12H12N2O2S. The van der Waals surface area contributed by atoms with E-state index in [4.69, 9.17) is 4.74 Å². The number of methoxy groups -OCH3 is 1. The van der Waals surface area contributed by atoms with Gasteiger partial charge in [0.1, 0.15) is 17.1 Å². The van der Waals surface area contributed by atoms with Crippen LogP contribution in [0.1, 0.15) is 22.4 Å². The van der Waals surface area contributed by atoms with E-state index in [0.717, 1.165) is 11.4 Å². The minimum atomic E-state index is 0.332. The molecule has 0 unspecified atom stereocenters. The van der Waals surface area contributed by atoms with Crippen LogP contribution in [0.15, 0.2) is 9.98 Å². The molecule has 0 bridgehead atoms. The van der Waals surface area contributed by atoms with Gasteiger partial charge in [-0.25, -0.2) is 9.98 Å². The predicted octanol–water partition coefficient (Wildman–Crippen LogP) is 2.07. The molecule has 1 aliphatic heterocycles. The number of Topliss-reactive ketones (excluding diaryl/α,β-unsaturated/α-hetero) is 1. The monoisotopic (exact) mass is 248 g/mol. The van der Waals surface area contributed by atoms with Crippen molar-refractivity contribution in [1.82, 2.24) is 0 Å². The lowest BCUT2D eigenvalue weighted by atomic mass is 9.93. The van der Waals surface area contributed by atoms with E-state index in [1.807, 2.05) is 0 Å². The van der Waals surface area contributed by atoms with E-state index in [1.54, 1.807) is 18.4 Å². The minimum Gasteiger partial charge on any atom is -0.484 e. The largest absolute Gasteiger partial charge is 0.484 e. The zero-order valence-electron chi connectivity index (χ0n) is 9.52. The Morgan fingerprint density at radius 2 is 2.18 bits per heavy atom. The number of rotatable bonds is 0. The van der Waals surface area contributed by atoms with Crippen molar-refractivity contribution < 1.29 is 9.53 Å². The van der Waals surface area contributed by atoms with Crippen LogP contribution in [0.25, 0.3) is 0 Å². The first-order valence-corrected chi connectivity index (χ1v) is 6.38. The molecule has 0 radical (unpaired) electrons. The highest BCUT2D eigenvalue weighted by molar-refractivity contribution is 7.16. The number of ether oxygens (including phenoxy) is 1. The van der Waals surface area contributed by atoms with Crippen molar-refractivity contribution in [2.45, 2.75) is 25.7 Å². The van der Waals surface area contributed by atoms with Crippen LogP contribution in [0.5, 0.6) is 0 Å². The fourth-order valence-corrected chi connectivity index (χ4v) is 3.49. The van der Waals surface area contributed by atoms with Gasteiger partial charge in [-0.2, -0.15) is 0 Å². The molecule has 0 spiro atoms. The van der Waals surface area contributed by atoms with Crippen molar-refractivity contribution in [3.8, 4) is 0 Å². The highest BCUT2D eigenvalue weighted by Gasteiger charge is 2.25. The molecule has 4 nitrogen and oxygen atoms in total. The quantitative estimate of drug-likeness (QED) is 0.705. The third kappa shape index (κ3) is 1.80. The molecule has 5 heteroatoms. The van der Waals surface area contributed by atoms with Gasteiger partial charge in [0.15, 0.2) is 5.90 Å². The average Bonchev–Trinajstić information content (AvgIpc) is 2.53. The molecule has 0 fully saturated rings. The van der Waals surface area contributed by atoms with Crippen molar-refractivity contribution in [1.29, 1.82) is 0 Å². The van der Waals surface area contributed by atoms with Crippen LogP contribution in [0.4, 0.5) is 5.00 Å². The molecule has 0 N–H and O–H groups in total. The number of fused-ring (bicyclic) bond motifs is 3. The van der Waals surface area contributed by atoms with Gasteiger partial charge >= 0.3 is 0 Å². The van der Waals surface area contributed by atoms with Gasteiger partial charge in [-0.3, -0.25) is 4.79 Å². The van der Waals surface area contributed by atoms with Crippen LogP contribution >= 0.6 is 11.3 Å². The van der Waals surface area contributed by atoms with Gasteiger partial charge < -0.3 is 4.74 Å². The SMILES string of the molecule is COC1=NC=Nc2sc3c(c2C1)CCC(=O)C3. The number of carbonyl (C=O) groups excluding carboxylic acids is 1. The Hall–Kier alpha value is -1.49. The number of nitrogens with zero attached hydrogens (tertiary/aromatic N) is 2. The van der Waals surface area contributed by atoms with Crippen LogP contribution in [0.2, 0.25) is 0 Å². The van der Waals surface area contributed by atoms with E-state index in [0.29, 0.717) is 30.9 Å². The molecule has 0 saturated carbocycles. The fraction of sp³-hybridized carbons (Fsp3) is 0.417. The molecule has 2 heterocycles. The Morgan fingerprint density at radius 1 is 1.29 bits per heavy atom. The van der Waals surface area contributed by atoms with Crippen LogP contribution < -0.4 is 0 Å². The Labute approximate surface area is 103 Å². The number of hydrogen-bond acceptors (Lipinski definition) is 5. The van der Waals surface area contributed by atoms with Crippen LogP contribution in [0.3, 0.4) is 0 Å². The highest BCUT2D eigenvalue weighted by atomic mass is 32.1. The standard InChI is InChI=1S/C12H12N2O2S/c1-16-11-5-9-8-3-2-7(15)4-10(8)17-12(9)14-6-13-11/h6H,2-5H2,1H3. The molecule has 17 heavy (non-hydrogen) atoms.